The van der Waals surface area contributed by atoms with E-state index < -0.39 is 11.7 Å². The predicted molar refractivity (Wildman–Crippen MR) is 68.2 cm³/mol. The summed E-state index contributed by atoms with van der Waals surface area (Å²) in [6.07, 6.45) is -4.36. The highest BCUT2D eigenvalue weighted by molar-refractivity contribution is 5.43. The molecule has 0 aliphatic carbocycles. The quantitative estimate of drug-likeness (QED) is 0.779. The Kier molecular flexibility index (Phi) is 4.55. The largest absolute Gasteiger partial charge is 0.418 e. The van der Waals surface area contributed by atoms with Gasteiger partial charge in [-0.25, -0.2) is 9.50 Å². The minimum absolute atomic E-state index is 0.0643. The van der Waals surface area contributed by atoms with Crippen molar-refractivity contribution >= 4 is 5.65 Å². The van der Waals surface area contributed by atoms with Crippen molar-refractivity contribution in [1.82, 2.24) is 14.6 Å². The van der Waals surface area contributed by atoms with E-state index in [1.165, 1.54) is 17.5 Å². The number of aromatic nitrogens is 3. The van der Waals surface area contributed by atoms with E-state index in [-0.39, 0.29) is 11.6 Å². The molecule has 2 heterocycles. The first-order chi connectivity index (χ1) is 8.80. The van der Waals surface area contributed by atoms with Gasteiger partial charge in [-0.15, -0.1) is 0 Å². The van der Waals surface area contributed by atoms with Crippen molar-refractivity contribution in [2.24, 2.45) is 0 Å². The summed E-state index contributed by atoms with van der Waals surface area (Å²) in [4.78, 5) is 4.18. The van der Waals surface area contributed by atoms with E-state index in [0.717, 1.165) is 6.07 Å². The van der Waals surface area contributed by atoms with Crippen LogP contribution in [0.1, 0.15) is 50.7 Å². The number of aryl methyl sites for hydroxylation is 1. The molecule has 0 unspecified atom stereocenters. The lowest BCUT2D eigenvalue weighted by Gasteiger charge is -2.10. The van der Waals surface area contributed by atoms with Crippen LogP contribution in [0.4, 0.5) is 13.2 Å². The average molecular weight is 273 g/mol. The van der Waals surface area contributed by atoms with E-state index in [2.05, 4.69) is 10.1 Å². The number of hydrogen-bond donors (Lipinski definition) is 0. The molecular formula is C13H18F3N3. The number of rotatable bonds is 1. The highest BCUT2D eigenvalue weighted by atomic mass is 19.4. The van der Waals surface area contributed by atoms with Crippen molar-refractivity contribution in [2.75, 3.05) is 0 Å². The van der Waals surface area contributed by atoms with Gasteiger partial charge >= 0.3 is 6.18 Å². The Bertz CT molecular complexity index is 556. The summed E-state index contributed by atoms with van der Waals surface area (Å²) in [5.41, 5.74) is -0.168. The molecule has 3 nitrogen and oxygen atoms in total. The van der Waals surface area contributed by atoms with Crippen molar-refractivity contribution in [3.05, 3.63) is 29.2 Å². The molecule has 106 valence electrons. The number of pyridine rings is 1. The van der Waals surface area contributed by atoms with Gasteiger partial charge in [0.05, 0.1) is 11.3 Å². The maximum absolute atomic E-state index is 12.7. The topological polar surface area (TPSA) is 30.2 Å². The second-order valence-electron chi connectivity index (χ2n) is 4.22. The van der Waals surface area contributed by atoms with Crippen LogP contribution < -0.4 is 0 Å². The molecule has 0 aliphatic heterocycles. The molecule has 6 heteroatoms. The van der Waals surface area contributed by atoms with Crippen molar-refractivity contribution in [2.45, 2.75) is 46.7 Å². The molecule has 0 saturated heterocycles. The number of alkyl halides is 3. The third-order valence-electron chi connectivity index (χ3n) is 2.58. The normalized spacial score (nSPS) is 11.6. The summed E-state index contributed by atoms with van der Waals surface area (Å²) in [5.74, 6) is 0.635. The number of hydrogen-bond acceptors (Lipinski definition) is 2. The van der Waals surface area contributed by atoms with Crippen LogP contribution in [0.25, 0.3) is 5.65 Å². The number of fused-ring (bicyclic) bond motifs is 1. The molecule has 0 fully saturated rings. The van der Waals surface area contributed by atoms with Gasteiger partial charge in [-0.3, -0.25) is 0 Å². The molecule has 0 aromatic carbocycles. The average Bonchev–Trinajstić information content (AvgIpc) is 2.75. The van der Waals surface area contributed by atoms with Gasteiger partial charge in [0.1, 0.15) is 0 Å². The van der Waals surface area contributed by atoms with Crippen molar-refractivity contribution in [3.8, 4) is 0 Å². The maximum atomic E-state index is 12.7. The summed E-state index contributed by atoms with van der Waals surface area (Å²) < 4.78 is 39.3. The Hall–Kier alpha value is -1.59. The Morgan fingerprint density at radius 3 is 2.21 bits per heavy atom. The summed E-state index contributed by atoms with van der Waals surface area (Å²) in [5, 5.41) is 4.09. The Balaban J connectivity index is 0.000000861. The van der Waals surface area contributed by atoms with Crippen molar-refractivity contribution < 1.29 is 13.2 Å². The fourth-order valence-corrected chi connectivity index (χ4v) is 1.63. The molecule has 0 radical (unpaired) electrons. The second-order valence-corrected chi connectivity index (χ2v) is 4.22. The molecule has 2 aromatic heterocycles. The van der Waals surface area contributed by atoms with Gasteiger partial charge in [0.15, 0.2) is 11.5 Å². The number of halogens is 3. The fraction of sp³-hybridized carbons (Fsp3) is 0.538. The van der Waals surface area contributed by atoms with Crippen molar-refractivity contribution in [3.63, 3.8) is 0 Å². The lowest BCUT2D eigenvalue weighted by atomic mass is 10.2. The van der Waals surface area contributed by atoms with Crippen LogP contribution in [-0.4, -0.2) is 14.6 Å². The van der Waals surface area contributed by atoms with E-state index in [1.807, 2.05) is 27.7 Å². The van der Waals surface area contributed by atoms with Crippen LogP contribution in [0.15, 0.2) is 12.1 Å². The summed E-state index contributed by atoms with van der Waals surface area (Å²) in [7, 11) is 0. The highest BCUT2D eigenvalue weighted by Crippen LogP contribution is 2.31. The molecule has 0 amide bonds. The van der Waals surface area contributed by atoms with Gasteiger partial charge < -0.3 is 0 Å². The standard InChI is InChI=1S/C11H12F3N3.C2H6/c1-6(2)10-15-9-5-4-8(11(12,13)14)7(3)17(9)16-10;1-2/h4-6H,1-3H3;1-2H3. The molecule has 0 spiro atoms. The molecule has 2 rings (SSSR count). The minimum Gasteiger partial charge on any atom is -0.217 e. The molecule has 0 saturated carbocycles. The van der Waals surface area contributed by atoms with Crippen LogP contribution in [0.2, 0.25) is 0 Å². The van der Waals surface area contributed by atoms with Gasteiger partial charge in [0.2, 0.25) is 0 Å². The Morgan fingerprint density at radius 2 is 1.74 bits per heavy atom. The highest BCUT2D eigenvalue weighted by Gasteiger charge is 2.33. The van der Waals surface area contributed by atoms with Gasteiger partial charge in [0, 0.05) is 5.92 Å². The lowest BCUT2D eigenvalue weighted by Crippen LogP contribution is -2.11. The second kappa shape index (κ2) is 5.59. The van der Waals surface area contributed by atoms with E-state index >= 15 is 0 Å². The Morgan fingerprint density at radius 1 is 1.16 bits per heavy atom. The van der Waals surface area contributed by atoms with E-state index in [4.69, 9.17) is 0 Å². The summed E-state index contributed by atoms with van der Waals surface area (Å²) in [6.45, 7) is 9.19. The first kappa shape index (κ1) is 15.5. The van der Waals surface area contributed by atoms with E-state index in [0.29, 0.717) is 11.5 Å². The molecule has 0 atom stereocenters. The fourth-order valence-electron chi connectivity index (χ4n) is 1.63. The van der Waals surface area contributed by atoms with Gasteiger partial charge in [0.25, 0.3) is 0 Å². The van der Waals surface area contributed by atoms with Crippen LogP contribution in [0.3, 0.4) is 0 Å². The van der Waals surface area contributed by atoms with E-state index in [9.17, 15) is 13.2 Å². The monoisotopic (exact) mass is 273 g/mol. The van der Waals surface area contributed by atoms with Crippen LogP contribution >= 0.6 is 0 Å². The van der Waals surface area contributed by atoms with Gasteiger partial charge in [-0.05, 0) is 19.1 Å². The lowest BCUT2D eigenvalue weighted by molar-refractivity contribution is -0.138. The summed E-state index contributed by atoms with van der Waals surface area (Å²) >= 11 is 0. The van der Waals surface area contributed by atoms with Gasteiger partial charge in [-0.2, -0.15) is 18.3 Å². The number of nitrogens with zero attached hydrogens (tertiary/aromatic N) is 3. The SMILES string of the molecule is CC.Cc1c(C(F)(F)F)ccc2nc(C(C)C)nn12. The predicted octanol–water partition coefficient (Wildman–Crippen LogP) is 4.21. The molecular weight excluding hydrogens is 255 g/mol. The zero-order valence-electron chi connectivity index (χ0n) is 11.7. The molecule has 0 bridgehead atoms. The van der Waals surface area contributed by atoms with Gasteiger partial charge in [-0.1, -0.05) is 27.7 Å². The van der Waals surface area contributed by atoms with Crippen LogP contribution in [-0.2, 0) is 6.18 Å². The summed E-state index contributed by atoms with van der Waals surface area (Å²) in [6, 6.07) is 2.39. The third-order valence-corrected chi connectivity index (χ3v) is 2.58. The maximum Gasteiger partial charge on any atom is 0.418 e. The molecule has 0 aliphatic rings. The zero-order chi connectivity index (χ0) is 14.8. The molecule has 19 heavy (non-hydrogen) atoms. The van der Waals surface area contributed by atoms with Crippen LogP contribution in [0, 0.1) is 6.92 Å². The zero-order valence-corrected chi connectivity index (χ0v) is 11.7. The first-order valence-corrected chi connectivity index (χ1v) is 6.24. The van der Waals surface area contributed by atoms with Crippen molar-refractivity contribution in [1.29, 1.82) is 0 Å². The molecule has 0 N–H and O–H groups in total. The molecule has 2 aromatic rings. The Labute approximate surface area is 110 Å². The van der Waals surface area contributed by atoms with E-state index in [1.54, 1.807) is 0 Å². The van der Waals surface area contributed by atoms with Crippen LogP contribution in [0.5, 0.6) is 0 Å². The first-order valence-electron chi connectivity index (χ1n) is 6.24. The third kappa shape index (κ3) is 3.05. The minimum atomic E-state index is -4.36. The smallest absolute Gasteiger partial charge is 0.217 e.